The number of hydrogen-bond donors (Lipinski definition) is 2. The molecule has 24 heavy (non-hydrogen) atoms. The van der Waals surface area contributed by atoms with E-state index in [1.807, 2.05) is 18.2 Å². The van der Waals surface area contributed by atoms with Crippen LogP contribution in [0, 0.1) is 0 Å². The summed E-state index contributed by atoms with van der Waals surface area (Å²) in [5.41, 5.74) is 0.793. The molecule has 0 amide bonds. The van der Waals surface area contributed by atoms with Crippen LogP contribution in [0.3, 0.4) is 0 Å². The molecule has 126 valence electrons. The molecule has 0 saturated carbocycles. The summed E-state index contributed by atoms with van der Waals surface area (Å²) in [6.07, 6.45) is -2.72. The molecule has 0 aliphatic carbocycles. The molecule has 2 aromatic carbocycles. The molecule has 0 aliphatic heterocycles. The summed E-state index contributed by atoms with van der Waals surface area (Å²) in [6, 6.07) is 10.7. The number of aromatic nitrogens is 1. The third-order valence-corrected chi connectivity index (χ3v) is 4.99. The Balaban J connectivity index is 1.75. The summed E-state index contributed by atoms with van der Waals surface area (Å²) >= 11 is 0. The number of rotatable bonds is 4. The highest BCUT2D eigenvalue weighted by Crippen LogP contribution is 2.29. The van der Waals surface area contributed by atoms with E-state index in [2.05, 4.69) is 9.71 Å². The van der Waals surface area contributed by atoms with Gasteiger partial charge in [-0.25, -0.2) is 13.1 Å². The predicted molar refractivity (Wildman–Crippen MR) is 83.8 cm³/mol. The summed E-state index contributed by atoms with van der Waals surface area (Å²) in [7, 11) is -3.89. The Kier molecular flexibility index (Phi) is 4.10. The van der Waals surface area contributed by atoms with E-state index in [9.17, 15) is 21.6 Å². The molecule has 1 aromatic heterocycles. The van der Waals surface area contributed by atoms with Crippen molar-refractivity contribution in [3.63, 3.8) is 0 Å². The second kappa shape index (κ2) is 5.95. The van der Waals surface area contributed by atoms with Crippen molar-refractivity contribution in [2.24, 2.45) is 0 Å². The molecule has 0 fully saturated rings. The molecule has 4 nitrogen and oxygen atoms in total. The number of hydrogen-bond acceptors (Lipinski definition) is 2. The van der Waals surface area contributed by atoms with Gasteiger partial charge in [0.05, 0.1) is 10.5 Å². The normalized spacial score (nSPS) is 12.6. The minimum atomic E-state index is -4.50. The van der Waals surface area contributed by atoms with E-state index in [0.717, 1.165) is 40.7 Å². The first kappa shape index (κ1) is 16.5. The summed E-state index contributed by atoms with van der Waals surface area (Å²) in [4.78, 5) is 2.82. The first-order chi connectivity index (χ1) is 11.3. The largest absolute Gasteiger partial charge is 0.416 e. The predicted octanol–water partition coefficient (Wildman–Crippen LogP) is 3.67. The molecule has 0 bridgehead atoms. The van der Waals surface area contributed by atoms with Gasteiger partial charge in [0.25, 0.3) is 0 Å². The first-order valence-electron chi connectivity index (χ1n) is 6.99. The van der Waals surface area contributed by atoms with E-state index in [4.69, 9.17) is 0 Å². The van der Waals surface area contributed by atoms with Gasteiger partial charge in [-0.2, -0.15) is 13.2 Å². The van der Waals surface area contributed by atoms with E-state index >= 15 is 0 Å². The average Bonchev–Trinajstić information content (AvgIpc) is 3.00. The van der Waals surface area contributed by atoms with Gasteiger partial charge in [0.1, 0.15) is 0 Å². The van der Waals surface area contributed by atoms with Crippen LogP contribution in [0.15, 0.2) is 59.6 Å². The van der Waals surface area contributed by atoms with Crippen molar-refractivity contribution in [3.05, 3.63) is 65.9 Å². The molecule has 0 radical (unpaired) electrons. The van der Waals surface area contributed by atoms with Gasteiger partial charge < -0.3 is 4.98 Å². The molecule has 1 heterocycles. The summed E-state index contributed by atoms with van der Waals surface area (Å²) in [5, 5.41) is 0.946. The molecule has 0 atom stereocenters. The SMILES string of the molecule is O=S(=O)(NCc1ccc2[nH]ccc2c1)c1ccc(C(F)(F)F)cc1. The number of halogens is 3. The molecule has 0 unspecified atom stereocenters. The monoisotopic (exact) mass is 354 g/mol. The molecular formula is C16H13F3N2O2S. The van der Waals surface area contributed by atoms with Crippen LogP contribution in [0.4, 0.5) is 13.2 Å². The fourth-order valence-corrected chi connectivity index (χ4v) is 3.32. The van der Waals surface area contributed by atoms with Crippen molar-refractivity contribution in [1.29, 1.82) is 0 Å². The van der Waals surface area contributed by atoms with Crippen LogP contribution in [-0.2, 0) is 22.7 Å². The van der Waals surface area contributed by atoms with Crippen LogP contribution in [0.1, 0.15) is 11.1 Å². The number of benzene rings is 2. The highest BCUT2D eigenvalue weighted by Gasteiger charge is 2.30. The van der Waals surface area contributed by atoms with Gasteiger partial charge in [-0.1, -0.05) is 6.07 Å². The standard InChI is InChI=1S/C16H13F3N2O2S/c17-16(18,19)13-2-4-14(5-3-13)24(22,23)21-10-11-1-6-15-12(9-11)7-8-20-15/h1-9,20-21H,10H2. The Morgan fingerprint density at radius 3 is 2.38 bits per heavy atom. The number of sulfonamides is 1. The minimum Gasteiger partial charge on any atom is -0.361 e. The smallest absolute Gasteiger partial charge is 0.361 e. The van der Waals surface area contributed by atoms with Gasteiger partial charge >= 0.3 is 6.18 Å². The first-order valence-corrected chi connectivity index (χ1v) is 8.47. The quantitative estimate of drug-likeness (QED) is 0.751. The zero-order chi connectivity index (χ0) is 17.4. The lowest BCUT2D eigenvalue weighted by molar-refractivity contribution is -0.137. The van der Waals surface area contributed by atoms with Gasteiger partial charge in [0, 0.05) is 18.3 Å². The molecule has 0 aliphatic rings. The molecule has 0 spiro atoms. The van der Waals surface area contributed by atoms with Crippen LogP contribution in [-0.4, -0.2) is 13.4 Å². The topological polar surface area (TPSA) is 62.0 Å². The van der Waals surface area contributed by atoms with Crippen LogP contribution in [0.25, 0.3) is 10.9 Å². The van der Waals surface area contributed by atoms with E-state index < -0.39 is 21.8 Å². The van der Waals surface area contributed by atoms with Gasteiger partial charge in [-0.3, -0.25) is 0 Å². The van der Waals surface area contributed by atoms with Crippen molar-refractivity contribution in [2.75, 3.05) is 0 Å². The van der Waals surface area contributed by atoms with Crippen molar-refractivity contribution >= 4 is 20.9 Å². The number of fused-ring (bicyclic) bond motifs is 1. The Morgan fingerprint density at radius 1 is 1.00 bits per heavy atom. The van der Waals surface area contributed by atoms with Crippen LogP contribution in [0.5, 0.6) is 0 Å². The van der Waals surface area contributed by atoms with E-state index in [1.165, 1.54) is 0 Å². The maximum atomic E-state index is 12.5. The summed E-state index contributed by atoms with van der Waals surface area (Å²) in [5.74, 6) is 0. The Hall–Kier alpha value is -2.32. The molecular weight excluding hydrogens is 341 g/mol. The second-order valence-corrected chi connectivity index (χ2v) is 7.01. The van der Waals surface area contributed by atoms with Crippen molar-refractivity contribution < 1.29 is 21.6 Å². The van der Waals surface area contributed by atoms with Crippen LogP contribution < -0.4 is 4.72 Å². The Bertz CT molecular complexity index is 961. The summed E-state index contributed by atoms with van der Waals surface area (Å²) in [6.45, 7) is 0.0461. The fraction of sp³-hybridized carbons (Fsp3) is 0.125. The lowest BCUT2D eigenvalue weighted by Gasteiger charge is -2.09. The lowest BCUT2D eigenvalue weighted by Crippen LogP contribution is -2.23. The zero-order valence-electron chi connectivity index (χ0n) is 12.3. The minimum absolute atomic E-state index is 0.0461. The zero-order valence-corrected chi connectivity index (χ0v) is 13.1. The molecule has 2 N–H and O–H groups in total. The average molecular weight is 354 g/mol. The fourth-order valence-electron chi connectivity index (χ4n) is 2.30. The van der Waals surface area contributed by atoms with E-state index in [-0.39, 0.29) is 11.4 Å². The van der Waals surface area contributed by atoms with Gasteiger partial charge in [-0.05, 0) is 53.4 Å². The third kappa shape index (κ3) is 3.44. The number of alkyl halides is 3. The van der Waals surface area contributed by atoms with E-state index in [1.54, 1.807) is 12.3 Å². The lowest BCUT2D eigenvalue weighted by atomic mass is 10.1. The van der Waals surface area contributed by atoms with Crippen LogP contribution in [0.2, 0.25) is 0 Å². The highest BCUT2D eigenvalue weighted by atomic mass is 32.2. The Labute approximate surface area is 136 Å². The number of H-pyrrole nitrogens is 1. The second-order valence-electron chi connectivity index (χ2n) is 5.25. The third-order valence-electron chi connectivity index (χ3n) is 3.58. The van der Waals surface area contributed by atoms with Crippen molar-refractivity contribution in [3.8, 4) is 0 Å². The molecule has 8 heteroatoms. The highest BCUT2D eigenvalue weighted by molar-refractivity contribution is 7.89. The Morgan fingerprint density at radius 2 is 1.71 bits per heavy atom. The molecule has 3 aromatic rings. The maximum absolute atomic E-state index is 12.5. The van der Waals surface area contributed by atoms with Gasteiger partial charge in [0.2, 0.25) is 10.0 Å². The van der Waals surface area contributed by atoms with Gasteiger partial charge in [-0.15, -0.1) is 0 Å². The van der Waals surface area contributed by atoms with Crippen molar-refractivity contribution in [2.45, 2.75) is 17.6 Å². The van der Waals surface area contributed by atoms with Crippen molar-refractivity contribution in [1.82, 2.24) is 9.71 Å². The van der Waals surface area contributed by atoms with Crippen LogP contribution >= 0.6 is 0 Å². The molecule has 3 rings (SSSR count). The maximum Gasteiger partial charge on any atom is 0.416 e. The van der Waals surface area contributed by atoms with Gasteiger partial charge in [0.15, 0.2) is 0 Å². The number of nitrogens with one attached hydrogen (secondary N) is 2. The van der Waals surface area contributed by atoms with E-state index in [0.29, 0.717) is 0 Å². The molecule has 0 saturated heterocycles. The number of aromatic amines is 1. The summed E-state index contributed by atoms with van der Waals surface area (Å²) < 4.78 is 64.3.